The van der Waals surface area contributed by atoms with Crippen molar-refractivity contribution in [3.8, 4) is 0 Å². The number of aliphatic carboxylic acids is 1. The number of carboxylic acids is 1. The molecule has 1 N–H and O–H groups in total. The Morgan fingerprint density at radius 2 is 1.55 bits per heavy atom. The maximum Gasteiger partial charge on any atom is 0.327 e. The molecule has 0 saturated carbocycles. The van der Waals surface area contributed by atoms with Gasteiger partial charge in [-0.1, -0.05) is 0 Å². The van der Waals surface area contributed by atoms with E-state index < -0.39 is 46.8 Å². The maximum atomic E-state index is 13.7. The van der Waals surface area contributed by atoms with Crippen LogP contribution < -0.4 is 4.90 Å². The Hall–Kier alpha value is -1.51. The van der Waals surface area contributed by atoms with Crippen molar-refractivity contribution >= 4 is 23.4 Å². The maximum absolute atomic E-state index is 13.7. The Balaban J connectivity index is 2.59. The van der Waals surface area contributed by atoms with Crippen LogP contribution >= 0.6 is 11.8 Å². The highest BCUT2D eigenvalue weighted by Crippen LogP contribution is 2.33. The summed E-state index contributed by atoms with van der Waals surface area (Å²) in [6.07, 6.45) is 0. The first-order chi connectivity index (χ1) is 9.36. The van der Waals surface area contributed by atoms with Gasteiger partial charge in [0.1, 0.15) is 11.7 Å². The van der Waals surface area contributed by atoms with Gasteiger partial charge in [0, 0.05) is 18.1 Å². The highest BCUT2D eigenvalue weighted by atomic mass is 32.2. The molecule has 0 aromatic heterocycles. The van der Waals surface area contributed by atoms with E-state index in [9.17, 15) is 26.7 Å². The van der Waals surface area contributed by atoms with Crippen LogP contribution in [-0.2, 0) is 4.79 Å². The Kier molecular flexibility index (Phi) is 4.07. The molecule has 1 aliphatic rings. The van der Waals surface area contributed by atoms with Crippen molar-refractivity contribution in [2.45, 2.75) is 6.04 Å². The lowest BCUT2D eigenvalue weighted by atomic mass is 10.2. The molecular formula is C11H8F5NO2S. The fraction of sp³-hybridized carbons (Fsp3) is 0.364. The third kappa shape index (κ3) is 2.30. The van der Waals surface area contributed by atoms with Gasteiger partial charge in [0.25, 0.3) is 0 Å². The number of hydrogen-bond donors (Lipinski definition) is 1. The molecule has 110 valence electrons. The minimum atomic E-state index is -2.26. The van der Waals surface area contributed by atoms with Crippen molar-refractivity contribution in [2.75, 3.05) is 23.0 Å². The molecule has 20 heavy (non-hydrogen) atoms. The number of halogens is 5. The van der Waals surface area contributed by atoms with Crippen molar-refractivity contribution in [1.82, 2.24) is 0 Å². The second-order valence-electron chi connectivity index (χ2n) is 4.04. The van der Waals surface area contributed by atoms with Gasteiger partial charge in [0.15, 0.2) is 23.3 Å². The lowest BCUT2D eigenvalue weighted by Crippen LogP contribution is -2.48. The quantitative estimate of drug-likeness (QED) is 0.517. The van der Waals surface area contributed by atoms with Crippen molar-refractivity contribution in [2.24, 2.45) is 0 Å². The molecule has 9 heteroatoms. The number of anilines is 1. The second-order valence-corrected chi connectivity index (χ2v) is 5.19. The molecule has 1 aliphatic heterocycles. The van der Waals surface area contributed by atoms with Crippen LogP contribution in [0.5, 0.6) is 0 Å². The summed E-state index contributed by atoms with van der Waals surface area (Å²) in [6.45, 7) is -0.125. The first-order valence-electron chi connectivity index (χ1n) is 5.44. The van der Waals surface area contributed by atoms with Gasteiger partial charge in [-0.05, 0) is 0 Å². The summed E-state index contributed by atoms with van der Waals surface area (Å²) in [5.74, 6) is -11.5. The lowest BCUT2D eigenvalue weighted by Gasteiger charge is -2.34. The smallest absolute Gasteiger partial charge is 0.327 e. The number of benzene rings is 1. The molecule has 0 bridgehead atoms. The SMILES string of the molecule is O=C(O)C1CSCCN1c1c(F)c(F)c(F)c(F)c1F. The molecule has 1 atom stereocenters. The standard InChI is InChI=1S/C11H8F5NO2S/c12-5-6(13)8(15)10(9(16)7(5)14)17-1-2-20-3-4(17)11(18)19/h4H,1-3H2,(H,18,19). The van der Waals surface area contributed by atoms with E-state index >= 15 is 0 Å². The van der Waals surface area contributed by atoms with E-state index in [-0.39, 0.29) is 12.3 Å². The molecule has 3 nitrogen and oxygen atoms in total. The van der Waals surface area contributed by atoms with Gasteiger partial charge in [0.2, 0.25) is 5.82 Å². The summed E-state index contributed by atoms with van der Waals surface area (Å²) in [7, 11) is 0. The van der Waals surface area contributed by atoms with Crippen molar-refractivity contribution < 1.29 is 31.9 Å². The summed E-state index contributed by atoms with van der Waals surface area (Å²) >= 11 is 1.22. The van der Waals surface area contributed by atoms with E-state index in [4.69, 9.17) is 5.11 Å². The van der Waals surface area contributed by atoms with Gasteiger partial charge >= 0.3 is 5.97 Å². The highest BCUT2D eigenvalue weighted by Gasteiger charge is 2.36. The number of hydrogen-bond acceptors (Lipinski definition) is 3. The van der Waals surface area contributed by atoms with Crippen molar-refractivity contribution in [1.29, 1.82) is 0 Å². The van der Waals surface area contributed by atoms with Crippen molar-refractivity contribution in [3.63, 3.8) is 0 Å². The molecule has 1 aromatic carbocycles. The van der Waals surface area contributed by atoms with Crippen LogP contribution in [0.25, 0.3) is 0 Å². The number of rotatable bonds is 2. The van der Waals surface area contributed by atoms with Crippen LogP contribution in [0.15, 0.2) is 0 Å². The van der Waals surface area contributed by atoms with E-state index in [0.717, 1.165) is 0 Å². The van der Waals surface area contributed by atoms with E-state index in [1.54, 1.807) is 0 Å². The summed E-state index contributed by atoms with van der Waals surface area (Å²) in [5.41, 5.74) is -1.19. The first-order valence-corrected chi connectivity index (χ1v) is 6.60. The topological polar surface area (TPSA) is 40.5 Å². The summed E-state index contributed by atoms with van der Waals surface area (Å²) in [5, 5.41) is 8.98. The minimum Gasteiger partial charge on any atom is -0.480 e. The average molecular weight is 313 g/mol. The Bertz CT molecular complexity index is 539. The molecule has 2 rings (SSSR count). The summed E-state index contributed by atoms with van der Waals surface area (Å²) in [4.78, 5) is 11.7. The van der Waals surface area contributed by atoms with Crippen LogP contribution in [0.2, 0.25) is 0 Å². The fourth-order valence-corrected chi connectivity index (χ4v) is 2.96. The van der Waals surface area contributed by atoms with Gasteiger partial charge in [0.05, 0.1) is 0 Å². The fourth-order valence-electron chi connectivity index (χ4n) is 1.92. The molecule has 1 unspecified atom stereocenters. The molecule has 0 spiro atoms. The number of thioether (sulfide) groups is 1. The predicted molar refractivity (Wildman–Crippen MR) is 62.3 cm³/mol. The zero-order valence-corrected chi connectivity index (χ0v) is 10.6. The number of carbonyl (C=O) groups is 1. The van der Waals surface area contributed by atoms with Gasteiger partial charge in [-0.25, -0.2) is 26.7 Å². The van der Waals surface area contributed by atoms with Gasteiger partial charge < -0.3 is 10.0 Å². The second kappa shape index (κ2) is 5.47. The van der Waals surface area contributed by atoms with E-state index in [1.807, 2.05) is 0 Å². The third-order valence-corrected chi connectivity index (χ3v) is 3.91. The van der Waals surface area contributed by atoms with Crippen LogP contribution in [0, 0.1) is 29.1 Å². The molecule has 1 heterocycles. The molecule has 1 fully saturated rings. The summed E-state index contributed by atoms with van der Waals surface area (Å²) < 4.78 is 66.6. The van der Waals surface area contributed by atoms with Gasteiger partial charge in [-0.2, -0.15) is 11.8 Å². The van der Waals surface area contributed by atoms with E-state index in [2.05, 4.69) is 0 Å². The number of nitrogens with zero attached hydrogens (tertiary/aromatic N) is 1. The Labute approximate surface area is 114 Å². The first kappa shape index (κ1) is 14.9. The molecule has 0 radical (unpaired) electrons. The van der Waals surface area contributed by atoms with Crippen LogP contribution in [0.3, 0.4) is 0 Å². The summed E-state index contributed by atoms with van der Waals surface area (Å²) in [6, 6.07) is -1.35. The normalized spacial score (nSPS) is 19.2. The molecule has 1 aromatic rings. The van der Waals surface area contributed by atoms with Crippen LogP contribution in [-0.4, -0.2) is 35.2 Å². The molecular weight excluding hydrogens is 305 g/mol. The van der Waals surface area contributed by atoms with Crippen LogP contribution in [0.1, 0.15) is 0 Å². The predicted octanol–water partition coefficient (Wildman–Crippen LogP) is 2.39. The largest absolute Gasteiger partial charge is 0.480 e. The Morgan fingerprint density at radius 3 is 2.05 bits per heavy atom. The van der Waals surface area contributed by atoms with Crippen LogP contribution in [0.4, 0.5) is 27.6 Å². The third-order valence-electron chi connectivity index (χ3n) is 2.89. The molecule has 0 amide bonds. The highest BCUT2D eigenvalue weighted by molar-refractivity contribution is 7.99. The lowest BCUT2D eigenvalue weighted by molar-refractivity contribution is -0.138. The molecule has 0 aliphatic carbocycles. The van der Waals surface area contributed by atoms with E-state index in [1.165, 1.54) is 11.8 Å². The van der Waals surface area contributed by atoms with Gasteiger partial charge in [-0.15, -0.1) is 0 Å². The monoisotopic (exact) mass is 313 g/mol. The van der Waals surface area contributed by atoms with Gasteiger partial charge in [-0.3, -0.25) is 0 Å². The average Bonchev–Trinajstić information content (AvgIpc) is 2.43. The van der Waals surface area contributed by atoms with Crippen molar-refractivity contribution in [3.05, 3.63) is 29.1 Å². The molecule has 1 saturated heterocycles. The Morgan fingerprint density at radius 1 is 1.05 bits per heavy atom. The minimum absolute atomic E-state index is 0.00513. The zero-order chi connectivity index (χ0) is 15.0. The zero-order valence-electron chi connectivity index (χ0n) is 9.80. The number of carboxylic acid groups (broad SMARTS) is 1. The van der Waals surface area contributed by atoms with E-state index in [0.29, 0.717) is 10.7 Å².